The molecular formula is C19H24ClN3O2. The van der Waals surface area contributed by atoms with Crippen molar-refractivity contribution in [1.29, 1.82) is 0 Å². The Labute approximate surface area is 153 Å². The number of benzene rings is 1. The second-order valence-electron chi connectivity index (χ2n) is 7.10. The van der Waals surface area contributed by atoms with Crippen LogP contribution in [0.1, 0.15) is 43.1 Å². The van der Waals surface area contributed by atoms with Gasteiger partial charge in [0, 0.05) is 18.8 Å². The molecule has 2 aromatic rings. The van der Waals surface area contributed by atoms with Crippen LogP contribution < -0.4 is 15.8 Å². The number of ether oxygens (including phenoxy) is 1. The number of halogens is 1. The summed E-state index contributed by atoms with van der Waals surface area (Å²) in [5, 5.41) is 3.93. The molecule has 1 aromatic carbocycles. The molecule has 134 valence electrons. The monoisotopic (exact) mass is 361 g/mol. The van der Waals surface area contributed by atoms with Crippen molar-refractivity contribution in [3.05, 3.63) is 52.7 Å². The minimum absolute atomic E-state index is 0.319. The van der Waals surface area contributed by atoms with Gasteiger partial charge in [0.1, 0.15) is 5.75 Å². The molecule has 0 spiro atoms. The van der Waals surface area contributed by atoms with E-state index in [-0.39, 0.29) is 0 Å². The second-order valence-corrected chi connectivity index (χ2v) is 7.51. The zero-order chi connectivity index (χ0) is 18.4. The molecule has 1 heterocycles. The molecule has 0 aliphatic carbocycles. The number of carbonyl (C=O) groups is 1. The number of nitrogens with two attached hydrogens (primary N) is 1. The van der Waals surface area contributed by atoms with Crippen LogP contribution >= 0.6 is 11.6 Å². The average molecular weight is 362 g/mol. The number of hydrogen-bond donors (Lipinski definition) is 2. The minimum atomic E-state index is -0.527. The van der Waals surface area contributed by atoms with Gasteiger partial charge in [-0.1, -0.05) is 38.4 Å². The molecule has 25 heavy (non-hydrogen) atoms. The van der Waals surface area contributed by atoms with E-state index in [0.29, 0.717) is 27.6 Å². The molecule has 6 heteroatoms. The van der Waals surface area contributed by atoms with E-state index in [0.717, 1.165) is 25.1 Å². The third kappa shape index (κ3) is 6.36. The van der Waals surface area contributed by atoms with E-state index in [9.17, 15) is 4.79 Å². The van der Waals surface area contributed by atoms with Crippen LogP contribution in [0.2, 0.25) is 5.02 Å². The number of hydrogen-bond acceptors (Lipinski definition) is 4. The minimum Gasteiger partial charge on any atom is -0.437 e. The number of amides is 1. The lowest BCUT2D eigenvalue weighted by atomic mass is 9.92. The molecule has 0 saturated heterocycles. The molecule has 0 radical (unpaired) electrons. The molecule has 0 fully saturated rings. The van der Waals surface area contributed by atoms with Crippen LogP contribution in [0.4, 0.5) is 0 Å². The van der Waals surface area contributed by atoms with E-state index >= 15 is 0 Å². The lowest BCUT2D eigenvalue weighted by Crippen LogP contribution is -2.20. The fraction of sp³-hybridized carbons (Fsp3) is 0.368. The lowest BCUT2D eigenvalue weighted by Gasteiger charge is -2.18. The zero-order valence-electron chi connectivity index (χ0n) is 14.8. The highest BCUT2D eigenvalue weighted by Crippen LogP contribution is 2.29. The zero-order valence-corrected chi connectivity index (χ0v) is 15.6. The number of nitrogens with zero attached hydrogens (tertiary/aromatic N) is 1. The average Bonchev–Trinajstić information content (AvgIpc) is 2.53. The van der Waals surface area contributed by atoms with Crippen LogP contribution in [0.3, 0.4) is 0 Å². The van der Waals surface area contributed by atoms with Crippen molar-refractivity contribution < 1.29 is 9.53 Å². The Kier molecular flexibility index (Phi) is 6.39. The highest BCUT2D eigenvalue weighted by molar-refractivity contribution is 6.32. The Morgan fingerprint density at radius 2 is 2.04 bits per heavy atom. The molecule has 1 amide bonds. The van der Waals surface area contributed by atoms with Crippen LogP contribution in [0.25, 0.3) is 0 Å². The van der Waals surface area contributed by atoms with Crippen molar-refractivity contribution in [2.45, 2.75) is 33.7 Å². The highest BCUT2D eigenvalue weighted by atomic mass is 35.5. The van der Waals surface area contributed by atoms with Gasteiger partial charge in [0.15, 0.2) is 0 Å². The summed E-state index contributed by atoms with van der Waals surface area (Å²) in [4.78, 5) is 15.1. The fourth-order valence-electron chi connectivity index (χ4n) is 2.13. The van der Waals surface area contributed by atoms with Crippen molar-refractivity contribution in [2.24, 2.45) is 11.1 Å². The highest BCUT2D eigenvalue weighted by Gasteiger charge is 2.10. The van der Waals surface area contributed by atoms with Crippen LogP contribution in [0.5, 0.6) is 11.6 Å². The van der Waals surface area contributed by atoms with Gasteiger partial charge in [-0.05, 0) is 42.1 Å². The van der Waals surface area contributed by atoms with Gasteiger partial charge in [0.2, 0.25) is 11.8 Å². The first-order valence-corrected chi connectivity index (χ1v) is 8.55. The van der Waals surface area contributed by atoms with Gasteiger partial charge in [-0.3, -0.25) is 4.79 Å². The van der Waals surface area contributed by atoms with Crippen molar-refractivity contribution in [2.75, 3.05) is 6.54 Å². The van der Waals surface area contributed by atoms with E-state index in [1.165, 1.54) is 6.20 Å². The Bertz CT molecular complexity index is 724. The molecule has 0 atom stereocenters. The van der Waals surface area contributed by atoms with E-state index in [1.807, 2.05) is 18.2 Å². The van der Waals surface area contributed by atoms with Gasteiger partial charge in [-0.2, -0.15) is 0 Å². The summed E-state index contributed by atoms with van der Waals surface area (Å²) < 4.78 is 5.65. The summed E-state index contributed by atoms with van der Waals surface area (Å²) in [7, 11) is 0. The molecule has 0 saturated carbocycles. The Morgan fingerprint density at radius 1 is 1.28 bits per heavy atom. The Hall–Kier alpha value is -2.11. The first-order valence-electron chi connectivity index (χ1n) is 8.17. The maximum absolute atomic E-state index is 11.0. The van der Waals surface area contributed by atoms with E-state index in [1.54, 1.807) is 12.1 Å². The molecule has 0 aliphatic rings. The molecule has 0 aliphatic heterocycles. The lowest BCUT2D eigenvalue weighted by molar-refractivity contribution is 0.1000. The molecule has 1 aromatic heterocycles. The molecule has 3 N–H and O–H groups in total. The van der Waals surface area contributed by atoms with E-state index in [2.05, 4.69) is 31.1 Å². The molecule has 2 rings (SSSR count). The van der Waals surface area contributed by atoms with Crippen molar-refractivity contribution in [3.63, 3.8) is 0 Å². The fourth-order valence-corrected chi connectivity index (χ4v) is 2.37. The van der Waals surface area contributed by atoms with Gasteiger partial charge in [0.05, 0.1) is 10.6 Å². The standard InChI is InChI=1S/C19H24ClN3O2/c1-19(2,3)8-9-22-11-13-4-6-16(15(20)10-13)25-17-7-5-14(12-23-17)18(21)24/h4-7,10,12,22H,8-9,11H2,1-3H3,(H2,21,24). The predicted octanol–water partition coefficient (Wildman–Crippen LogP) is 4.15. The number of rotatable bonds is 7. The number of pyridine rings is 1. The normalized spacial score (nSPS) is 11.4. The first kappa shape index (κ1) is 19.2. The summed E-state index contributed by atoms with van der Waals surface area (Å²) in [5.74, 6) is 0.336. The Balaban J connectivity index is 1.93. The van der Waals surface area contributed by atoms with Crippen LogP contribution in [0, 0.1) is 5.41 Å². The third-order valence-electron chi connectivity index (χ3n) is 3.61. The summed E-state index contributed by atoms with van der Waals surface area (Å²) in [6, 6.07) is 8.79. The van der Waals surface area contributed by atoms with E-state index in [4.69, 9.17) is 22.1 Å². The van der Waals surface area contributed by atoms with Crippen LogP contribution in [0.15, 0.2) is 36.5 Å². The summed E-state index contributed by atoms with van der Waals surface area (Å²) in [6.07, 6.45) is 2.48. The predicted molar refractivity (Wildman–Crippen MR) is 100 cm³/mol. The van der Waals surface area contributed by atoms with E-state index < -0.39 is 5.91 Å². The van der Waals surface area contributed by atoms with Crippen molar-refractivity contribution in [3.8, 4) is 11.6 Å². The maximum Gasteiger partial charge on any atom is 0.250 e. The van der Waals surface area contributed by atoms with Gasteiger partial charge in [-0.25, -0.2) is 4.98 Å². The quantitative estimate of drug-likeness (QED) is 0.726. The van der Waals surface area contributed by atoms with Gasteiger partial charge in [-0.15, -0.1) is 0 Å². The number of aromatic nitrogens is 1. The second kappa shape index (κ2) is 8.32. The van der Waals surface area contributed by atoms with Crippen LogP contribution in [-0.2, 0) is 6.54 Å². The summed E-state index contributed by atoms with van der Waals surface area (Å²) >= 11 is 6.29. The Morgan fingerprint density at radius 3 is 2.60 bits per heavy atom. The van der Waals surface area contributed by atoms with Crippen molar-refractivity contribution >= 4 is 17.5 Å². The third-order valence-corrected chi connectivity index (χ3v) is 3.91. The largest absolute Gasteiger partial charge is 0.437 e. The molecule has 5 nitrogen and oxygen atoms in total. The smallest absolute Gasteiger partial charge is 0.250 e. The molecular weight excluding hydrogens is 338 g/mol. The van der Waals surface area contributed by atoms with Crippen LogP contribution in [-0.4, -0.2) is 17.4 Å². The summed E-state index contributed by atoms with van der Waals surface area (Å²) in [5.41, 5.74) is 6.92. The molecule has 0 bridgehead atoms. The SMILES string of the molecule is CC(C)(C)CCNCc1ccc(Oc2ccc(C(N)=O)cn2)c(Cl)c1. The van der Waals surface area contributed by atoms with Crippen molar-refractivity contribution in [1.82, 2.24) is 10.3 Å². The maximum atomic E-state index is 11.0. The number of primary amides is 1. The summed E-state index contributed by atoms with van der Waals surface area (Å²) in [6.45, 7) is 8.38. The number of carbonyl (C=O) groups excluding carboxylic acids is 1. The van der Waals surface area contributed by atoms with Gasteiger partial charge in [0.25, 0.3) is 0 Å². The van der Waals surface area contributed by atoms with Gasteiger partial charge < -0.3 is 15.8 Å². The first-order chi connectivity index (χ1) is 11.7. The number of nitrogens with one attached hydrogen (secondary N) is 1. The van der Waals surface area contributed by atoms with Gasteiger partial charge >= 0.3 is 0 Å². The molecule has 0 unspecified atom stereocenters. The topological polar surface area (TPSA) is 77.2 Å².